The molecule has 0 bridgehead atoms. The van der Waals surface area contributed by atoms with Gasteiger partial charge in [0.15, 0.2) is 6.10 Å². The molecule has 0 heterocycles. The molecular weight excluding hydrogens is 352 g/mol. The van der Waals surface area contributed by atoms with Crippen LogP contribution in [-0.4, -0.2) is 42.0 Å². The van der Waals surface area contributed by atoms with Crippen LogP contribution in [0.1, 0.15) is 22.8 Å². The molecule has 0 spiro atoms. The van der Waals surface area contributed by atoms with Crippen LogP contribution in [0, 0.1) is 10.1 Å². The van der Waals surface area contributed by atoms with Gasteiger partial charge in [-0.3, -0.25) is 14.9 Å². The van der Waals surface area contributed by atoms with Gasteiger partial charge in [-0.1, -0.05) is 30.3 Å². The number of benzene rings is 2. The van der Waals surface area contributed by atoms with Gasteiger partial charge in [0, 0.05) is 25.7 Å². The number of amides is 1. The summed E-state index contributed by atoms with van der Waals surface area (Å²) in [6.07, 6.45) is -1.06. The lowest BCUT2D eigenvalue weighted by atomic mass is 10.1. The molecule has 27 heavy (non-hydrogen) atoms. The molecule has 8 nitrogen and oxygen atoms in total. The quantitative estimate of drug-likeness (QED) is 0.421. The molecule has 8 heteroatoms. The summed E-state index contributed by atoms with van der Waals surface area (Å²) in [4.78, 5) is 36.6. The van der Waals surface area contributed by atoms with Crippen LogP contribution in [0.15, 0.2) is 48.5 Å². The van der Waals surface area contributed by atoms with E-state index in [1.54, 1.807) is 7.05 Å². The van der Waals surface area contributed by atoms with E-state index in [0.29, 0.717) is 6.54 Å². The Kier molecular flexibility index (Phi) is 6.48. The molecule has 1 atom stereocenters. The fourth-order valence-electron chi connectivity index (χ4n) is 2.49. The van der Waals surface area contributed by atoms with E-state index in [9.17, 15) is 19.7 Å². The third kappa shape index (κ3) is 5.04. The number of carbonyl (C=O) groups is 2. The molecule has 2 rings (SSSR count). The number of methoxy groups -OCH3 is 1. The second-order valence-electron chi connectivity index (χ2n) is 5.87. The van der Waals surface area contributed by atoms with Crippen LogP contribution in [0.5, 0.6) is 5.75 Å². The molecule has 0 saturated heterocycles. The Morgan fingerprint density at radius 1 is 1.19 bits per heavy atom. The van der Waals surface area contributed by atoms with E-state index in [1.807, 2.05) is 30.3 Å². The first-order valence-corrected chi connectivity index (χ1v) is 8.15. The topological polar surface area (TPSA) is 99.0 Å². The van der Waals surface area contributed by atoms with Crippen molar-refractivity contribution >= 4 is 17.6 Å². The van der Waals surface area contributed by atoms with Crippen molar-refractivity contribution < 1.29 is 24.0 Å². The molecule has 0 fully saturated rings. The van der Waals surface area contributed by atoms with Crippen molar-refractivity contribution in [3.05, 3.63) is 69.8 Å². The number of ether oxygens (including phenoxy) is 2. The Labute approximate surface area is 156 Å². The van der Waals surface area contributed by atoms with Gasteiger partial charge < -0.3 is 14.4 Å². The largest absolute Gasteiger partial charge is 0.496 e. The van der Waals surface area contributed by atoms with E-state index in [-0.39, 0.29) is 17.0 Å². The Balaban J connectivity index is 2.09. The van der Waals surface area contributed by atoms with Gasteiger partial charge in [0.1, 0.15) is 11.3 Å². The van der Waals surface area contributed by atoms with Gasteiger partial charge in [0.05, 0.1) is 12.0 Å². The fraction of sp³-hybridized carbons (Fsp3) is 0.263. The number of rotatable bonds is 7. The molecule has 0 aliphatic carbocycles. The Hall–Kier alpha value is -3.42. The summed E-state index contributed by atoms with van der Waals surface area (Å²) >= 11 is 0. The zero-order chi connectivity index (χ0) is 20.0. The van der Waals surface area contributed by atoms with Crippen LogP contribution in [0.2, 0.25) is 0 Å². The molecule has 0 aliphatic rings. The number of non-ortho nitro benzene ring substituents is 1. The smallest absolute Gasteiger partial charge is 0.342 e. The minimum atomic E-state index is -1.06. The van der Waals surface area contributed by atoms with Crippen LogP contribution >= 0.6 is 0 Å². The summed E-state index contributed by atoms with van der Waals surface area (Å²) in [7, 11) is 2.94. The van der Waals surface area contributed by atoms with Crippen LogP contribution in [-0.2, 0) is 16.1 Å². The first-order valence-electron chi connectivity index (χ1n) is 8.15. The van der Waals surface area contributed by atoms with Crippen molar-refractivity contribution in [3.8, 4) is 5.75 Å². The number of esters is 1. The minimum Gasteiger partial charge on any atom is -0.496 e. The third-order valence-electron chi connectivity index (χ3n) is 3.88. The summed E-state index contributed by atoms with van der Waals surface area (Å²) in [5, 5.41) is 10.9. The van der Waals surface area contributed by atoms with E-state index in [0.717, 1.165) is 11.6 Å². The highest BCUT2D eigenvalue weighted by molar-refractivity contribution is 5.95. The van der Waals surface area contributed by atoms with E-state index in [2.05, 4.69) is 0 Å². The van der Waals surface area contributed by atoms with Gasteiger partial charge in [0.25, 0.3) is 11.6 Å². The first kappa shape index (κ1) is 19.9. The summed E-state index contributed by atoms with van der Waals surface area (Å²) in [5.41, 5.74) is 0.548. The van der Waals surface area contributed by atoms with Gasteiger partial charge in [-0.15, -0.1) is 0 Å². The molecule has 0 aromatic heterocycles. The normalized spacial score (nSPS) is 11.4. The second kappa shape index (κ2) is 8.79. The zero-order valence-corrected chi connectivity index (χ0v) is 15.2. The third-order valence-corrected chi connectivity index (χ3v) is 3.88. The highest BCUT2D eigenvalue weighted by Gasteiger charge is 2.25. The number of hydrogen-bond donors (Lipinski definition) is 0. The lowest BCUT2D eigenvalue weighted by Gasteiger charge is -2.21. The molecule has 2 aromatic rings. The van der Waals surface area contributed by atoms with E-state index >= 15 is 0 Å². The molecule has 0 unspecified atom stereocenters. The summed E-state index contributed by atoms with van der Waals surface area (Å²) in [6.45, 7) is 1.81. The average molecular weight is 372 g/mol. The zero-order valence-electron chi connectivity index (χ0n) is 15.2. The van der Waals surface area contributed by atoms with Gasteiger partial charge in [0.2, 0.25) is 0 Å². The van der Waals surface area contributed by atoms with Crippen molar-refractivity contribution in [2.75, 3.05) is 14.2 Å². The molecular formula is C19H20N2O6. The van der Waals surface area contributed by atoms with Gasteiger partial charge >= 0.3 is 5.97 Å². The van der Waals surface area contributed by atoms with Gasteiger partial charge in [-0.05, 0) is 18.6 Å². The van der Waals surface area contributed by atoms with Crippen molar-refractivity contribution in [2.24, 2.45) is 0 Å². The van der Waals surface area contributed by atoms with Crippen LogP contribution in [0.25, 0.3) is 0 Å². The lowest BCUT2D eigenvalue weighted by molar-refractivity contribution is -0.384. The minimum absolute atomic E-state index is 0.114. The summed E-state index contributed by atoms with van der Waals surface area (Å²) < 4.78 is 10.3. The van der Waals surface area contributed by atoms with Crippen molar-refractivity contribution in [1.82, 2.24) is 4.90 Å². The van der Waals surface area contributed by atoms with Crippen LogP contribution in [0.4, 0.5) is 5.69 Å². The van der Waals surface area contributed by atoms with E-state index in [4.69, 9.17) is 9.47 Å². The molecule has 0 saturated carbocycles. The Morgan fingerprint density at radius 3 is 2.44 bits per heavy atom. The van der Waals surface area contributed by atoms with Gasteiger partial charge in [-0.25, -0.2) is 4.79 Å². The van der Waals surface area contributed by atoms with Crippen LogP contribution < -0.4 is 4.74 Å². The highest BCUT2D eigenvalue weighted by atomic mass is 16.6. The number of nitrogens with zero attached hydrogens (tertiary/aromatic N) is 2. The number of likely N-dealkylation sites (N-methyl/N-ethyl adjacent to an activating group) is 1. The lowest BCUT2D eigenvalue weighted by Crippen LogP contribution is -2.37. The van der Waals surface area contributed by atoms with E-state index < -0.39 is 22.9 Å². The molecule has 142 valence electrons. The maximum Gasteiger partial charge on any atom is 0.342 e. The van der Waals surface area contributed by atoms with E-state index in [1.165, 1.54) is 31.1 Å². The molecule has 0 aliphatic heterocycles. The first-order chi connectivity index (χ1) is 12.8. The molecule has 0 radical (unpaired) electrons. The Morgan fingerprint density at radius 2 is 1.85 bits per heavy atom. The average Bonchev–Trinajstić information content (AvgIpc) is 2.67. The summed E-state index contributed by atoms with van der Waals surface area (Å²) in [6, 6.07) is 13.0. The predicted octanol–water partition coefficient (Wildman–Crippen LogP) is 2.81. The van der Waals surface area contributed by atoms with Gasteiger partial charge in [-0.2, -0.15) is 0 Å². The van der Waals surface area contributed by atoms with Crippen LogP contribution in [0.3, 0.4) is 0 Å². The maximum absolute atomic E-state index is 12.5. The number of hydrogen-bond acceptors (Lipinski definition) is 6. The molecule has 0 N–H and O–H groups in total. The van der Waals surface area contributed by atoms with Crippen molar-refractivity contribution in [1.29, 1.82) is 0 Å². The summed E-state index contributed by atoms with van der Waals surface area (Å²) in [5.74, 6) is -1.14. The SMILES string of the molecule is COc1ccc([N+](=O)[O-])cc1C(=O)O[C@@H](C)C(=O)N(C)Cc1ccccc1. The van der Waals surface area contributed by atoms with Crippen molar-refractivity contribution in [3.63, 3.8) is 0 Å². The number of nitro benzene ring substituents is 1. The highest BCUT2D eigenvalue weighted by Crippen LogP contribution is 2.25. The Bertz CT molecular complexity index is 837. The maximum atomic E-state index is 12.5. The second-order valence-corrected chi connectivity index (χ2v) is 5.87. The number of carbonyl (C=O) groups excluding carboxylic acids is 2. The molecule has 1 amide bonds. The fourth-order valence-corrected chi connectivity index (χ4v) is 2.49. The predicted molar refractivity (Wildman–Crippen MR) is 97.4 cm³/mol. The van der Waals surface area contributed by atoms with Crippen molar-refractivity contribution in [2.45, 2.75) is 19.6 Å². The molecule has 2 aromatic carbocycles. The monoisotopic (exact) mass is 372 g/mol. The standard InChI is InChI=1S/C19H20N2O6/c1-13(18(22)20(2)12-14-7-5-4-6-8-14)27-19(23)16-11-15(21(24)25)9-10-17(16)26-3/h4-11,13H,12H2,1-3H3/t13-/m0/s1. The number of nitro groups is 1.